The lowest BCUT2D eigenvalue weighted by Crippen LogP contribution is -2.37. The van der Waals surface area contributed by atoms with Crippen LogP contribution in [0, 0.1) is 5.92 Å². The lowest BCUT2D eigenvalue weighted by atomic mass is 9.83. The molecule has 1 fully saturated rings. The van der Waals surface area contributed by atoms with Crippen molar-refractivity contribution in [1.29, 1.82) is 0 Å². The molecule has 0 unspecified atom stereocenters. The Balaban J connectivity index is 1.76. The van der Waals surface area contributed by atoms with Crippen molar-refractivity contribution < 1.29 is 4.79 Å². The zero-order valence-electron chi connectivity index (χ0n) is 12.2. The van der Waals surface area contributed by atoms with Crippen molar-refractivity contribution >= 4 is 17.2 Å². The third kappa shape index (κ3) is 4.28. The van der Waals surface area contributed by atoms with Gasteiger partial charge in [0.25, 0.3) is 5.91 Å². The molecule has 5 heteroatoms. The second-order valence-electron chi connectivity index (χ2n) is 5.66. The Morgan fingerprint density at radius 1 is 1.45 bits per heavy atom. The normalized spacial score (nSPS) is 22.7. The summed E-state index contributed by atoms with van der Waals surface area (Å²) in [7, 11) is 0. The summed E-state index contributed by atoms with van der Waals surface area (Å²) in [6, 6.07) is 0.323. The van der Waals surface area contributed by atoms with Gasteiger partial charge in [0.2, 0.25) is 0 Å². The first-order chi connectivity index (χ1) is 9.72. The maximum atomic E-state index is 12.1. The lowest BCUT2D eigenvalue weighted by Gasteiger charge is -2.28. The summed E-state index contributed by atoms with van der Waals surface area (Å²) < 4.78 is 0. The van der Waals surface area contributed by atoms with Crippen LogP contribution in [0.1, 0.15) is 67.4 Å². The molecule has 0 saturated heterocycles. The molecule has 0 radical (unpaired) electrons. The van der Waals surface area contributed by atoms with Crippen molar-refractivity contribution in [2.24, 2.45) is 11.7 Å². The van der Waals surface area contributed by atoms with Crippen LogP contribution >= 0.6 is 11.3 Å². The Labute approximate surface area is 125 Å². The molecule has 4 nitrogen and oxygen atoms in total. The van der Waals surface area contributed by atoms with Gasteiger partial charge < -0.3 is 11.1 Å². The highest BCUT2D eigenvalue weighted by molar-refractivity contribution is 7.09. The minimum atomic E-state index is -0.0436. The Morgan fingerprint density at radius 2 is 2.20 bits per heavy atom. The Morgan fingerprint density at radius 3 is 2.80 bits per heavy atom. The van der Waals surface area contributed by atoms with Crippen LogP contribution in [-0.4, -0.2) is 16.9 Å². The first-order valence-electron chi connectivity index (χ1n) is 7.68. The van der Waals surface area contributed by atoms with Gasteiger partial charge in [0.15, 0.2) is 0 Å². The molecule has 1 aromatic rings. The number of thiazole rings is 1. The van der Waals surface area contributed by atoms with Crippen LogP contribution < -0.4 is 11.1 Å². The smallest absolute Gasteiger partial charge is 0.270 e. The molecule has 0 aliphatic heterocycles. The summed E-state index contributed by atoms with van der Waals surface area (Å²) in [5.41, 5.74) is 6.04. The van der Waals surface area contributed by atoms with Gasteiger partial charge in [0.05, 0.1) is 0 Å². The standard InChI is InChI=1S/C15H25N3OS/c1-2-3-4-11-5-7-12(8-6-11)17-15(19)13-10-20-14(9-16)18-13/h10-12H,2-9,16H2,1H3,(H,17,19). The van der Waals surface area contributed by atoms with Gasteiger partial charge in [-0.25, -0.2) is 4.98 Å². The first-order valence-corrected chi connectivity index (χ1v) is 8.56. The average molecular weight is 295 g/mol. The van der Waals surface area contributed by atoms with Crippen LogP contribution in [0.4, 0.5) is 0 Å². The van der Waals surface area contributed by atoms with E-state index in [4.69, 9.17) is 5.73 Å². The molecule has 112 valence electrons. The van der Waals surface area contributed by atoms with E-state index in [1.165, 1.54) is 43.4 Å². The molecule has 0 spiro atoms. The van der Waals surface area contributed by atoms with Gasteiger partial charge in [0.1, 0.15) is 10.7 Å². The summed E-state index contributed by atoms with van der Waals surface area (Å²) >= 11 is 1.45. The van der Waals surface area contributed by atoms with E-state index >= 15 is 0 Å². The molecule has 1 aliphatic carbocycles. The molecule has 0 atom stereocenters. The zero-order chi connectivity index (χ0) is 14.4. The second-order valence-corrected chi connectivity index (χ2v) is 6.61. The van der Waals surface area contributed by atoms with Crippen LogP contribution in [0.5, 0.6) is 0 Å². The van der Waals surface area contributed by atoms with Crippen molar-refractivity contribution in [1.82, 2.24) is 10.3 Å². The summed E-state index contributed by atoms with van der Waals surface area (Å²) in [4.78, 5) is 16.3. The van der Waals surface area contributed by atoms with E-state index in [9.17, 15) is 4.79 Å². The summed E-state index contributed by atoms with van der Waals surface area (Å²) in [6.45, 7) is 2.65. The molecule has 0 aromatic carbocycles. The van der Waals surface area contributed by atoms with E-state index in [1.54, 1.807) is 5.38 Å². The largest absolute Gasteiger partial charge is 0.348 e. The summed E-state index contributed by atoms with van der Waals surface area (Å²) in [5, 5.41) is 5.73. The van der Waals surface area contributed by atoms with E-state index < -0.39 is 0 Å². The Bertz CT molecular complexity index is 425. The SMILES string of the molecule is CCCCC1CCC(NC(=O)c2csc(CN)n2)CC1. The van der Waals surface area contributed by atoms with Gasteiger partial charge in [-0.1, -0.05) is 26.2 Å². The lowest BCUT2D eigenvalue weighted by molar-refractivity contribution is 0.0916. The van der Waals surface area contributed by atoms with Gasteiger partial charge in [0, 0.05) is 18.0 Å². The number of hydrogen-bond donors (Lipinski definition) is 2. The molecular formula is C15H25N3OS. The van der Waals surface area contributed by atoms with Crippen molar-refractivity contribution in [3.63, 3.8) is 0 Å². The second kappa shape index (κ2) is 7.74. The van der Waals surface area contributed by atoms with Crippen LogP contribution in [0.2, 0.25) is 0 Å². The number of carbonyl (C=O) groups excluding carboxylic acids is 1. The van der Waals surface area contributed by atoms with Crippen molar-refractivity contribution in [2.75, 3.05) is 0 Å². The molecule has 1 saturated carbocycles. The highest BCUT2D eigenvalue weighted by Crippen LogP contribution is 2.28. The van der Waals surface area contributed by atoms with Crippen molar-refractivity contribution in [2.45, 2.75) is 64.5 Å². The third-order valence-corrected chi connectivity index (χ3v) is 4.98. The summed E-state index contributed by atoms with van der Waals surface area (Å²) in [6.07, 6.45) is 8.67. The molecule has 1 heterocycles. The summed E-state index contributed by atoms with van der Waals surface area (Å²) in [5.74, 6) is 0.823. The third-order valence-electron chi connectivity index (χ3n) is 4.11. The fourth-order valence-electron chi connectivity index (χ4n) is 2.86. The van der Waals surface area contributed by atoms with Gasteiger partial charge in [-0.05, 0) is 31.6 Å². The molecule has 1 aromatic heterocycles. The quantitative estimate of drug-likeness (QED) is 0.847. The number of rotatable bonds is 6. The zero-order valence-corrected chi connectivity index (χ0v) is 13.0. The highest BCUT2D eigenvalue weighted by atomic mass is 32.1. The van der Waals surface area contributed by atoms with E-state index in [2.05, 4.69) is 17.2 Å². The van der Waals surface area contributed by atoms with Crippen molar-refractivity contribution in [3.8, 4) is 0 Å². The number of carbonyl (C=O) groups is 1. The van der Waals surface area contributed by atoms with Gasteiger partial charge in [-0.2, -0.15) is 0 Å². The number of hydrogen-bond acceptors (Lipinski definition) is 4. The van der Waals surface area contributed by atoms with E-state index in [0.29, 0.717) is 18.3 Å². The Hall–Kier alpha value is -0.940. The number of unbranched alkanes of at least 4 members (excludes halogenated alkanes) is 1. The number of nitrogens with one attached hydrogen (secondary N) is 1. The van der Waals surface area contributed by atoms with Gasteiger partial charge >= 0.3 is 0 Å². The number of nitrogens with two attached hydrogens (primary N) is 1. The predicted molar refractivity (Wildman–Crippen MR) is 82.7 cm³/mol. The molecule has 3 N–H and O–H groups in total. The first kappa shape index (κ1) is 15.4. The molecular weight excluding hydrogens is 270 g/mol. The number of aromatic nitrogens is 1. The van der Waals surface area contributed by atoms with Crippen LogP contribution in [0.25, 0.3) is 0 Å². The molecule has 1 aliphatic rings. The fourth-order valence-corrected chi connectivity index (χ4v) is 3.51. The van der Waals surface area contributed by atoms with Crippen LogP contribution in [0.15, 0.2) is 5.38 Å². The van der Waals surface area contributed by atoms with Gasteiger partial charge in [-0.15, -0.1) is 11.3 Å². The minimum Gasteiger partial charge on any atom is -0.348 e. The fraction of sp³-hybridized carbons (Fsp3) is 0.733. The number of nitrogens with zero attached hydrogens (tertiary/aromatic N) is 1. The number of amides is 1. The maximum absolute atomic E-state index is 12.1. The van der Waals surface area contributed by atoms with Crippen LogP contribution in [0.3, 0.4) is 0 Å². The molecule has 1 amide bonds. The monoisotopic (exact) mass is 295 g/mol. The minimum absolute atomic E-state index is 0.0436. The predicted octanol–water partition coefficient (Wildman–Crippen LogP) is 3.08. The molecule has 20 heavy (non-hydrogen) atoms. The molecule has 2 rings (SSSR count). The van der Waals surface area contributed by atoms with E-state index in [1.807, 2.05) is 0 Å². The maximum Gasteiger partial charge on any atom is 0.270 e. The topological polar surface area (TPSA) is 68.0 Å². The van der Waals surface area contributed by atoms with Crippen molar-refractivity contribution in [3.05, 3.63) is 16.1 Å². The highest BCUT2D eigenvalue weighted by Gasteiger charge is 2.23. The van der Waals surface area contributed by atoms with Crippen LogP contribution in [-0.2, 0) is 6.54 Å². The van der Waals surface area contributed by atoms with E-state index in [-0.39, 0.29) is 5.91 Å². The van der Waals surface area contributed by atoms with Gasteiger partial charge in [-0.3, -0.25) is 4.79 Å². The van der Waals surface area contributed by atoms with E-state index in [0.717, 1.165) is 23.8 Å². The molecule has 0 bridgehead atoms. The average Bonchev–Trinajstić information content (AvgIpc) is 2.95. The Kier molecular flexibility index (Phi) is 5.98.